The number of carbonyl (C=O) groups excluding carboxylic acids is 1. The molecule has 0 aliphatic heterocycles. The van der Waals surface area contributed by atoms with Gasteiger partial charge in [0.05, 0.1) is 0 Å². The van der Waals surface area contributed by atoms with Gasteiger partial charge in [0.25, 0.3) is 0 Å². The maximum Gasteiger partial charge on any atom is 0.225 e. The van der Waals surface area contributed by atoms with Crippen molar-refractivity contribution in [1.82, 2.24) is 4.90 Å². The largest absolute Gasteiger partial charge is 0.342 e. The zero-order chi connectivity index (χ0) is 13.3. The van der Waals surface area contributed by atoms with E-state index in [0.717, 1.165) is 38.8 Å². The second kappa shape index (κ2) is 9.46. The van der Waals surface area contributed by atoms with Crippen molar-refractivity contribution >= 4 is 5.91 Å². The number of nitrogens with two attached hydrogens (primary N) is 1. The summed E-state index contributed by atoms with van der Waals surface area (Å²) in [4.78, 5) is 14.3. The van der Waals surface area contributed by atoms with Crippen LogP contribution in [0.4, 0.5) is 0 Å². The molecule has 2 unspecified atom stereocenters. The lowest BCUT2D eigenvalue weighted by atomic mass is 9.97. The Kier molecular flexibility index (Phi) is 9.14. The van der Waals surface area contributed by atoms with Gasteiger partial charge in [-0.1, -0.05) is 33.6 Å². The van der Waals surface area contributed by atoms with Gasteiger partial charge in [0.1, 0.15) is 0 Å². The topological polar surface area (TPSA) is 46.3 Å². The molecule has 0 aliphatic rings. The van der Waals surface area contributed by atoms with Crippen molar-refractivity contribution in [2.75, 3.05) is 19.6 Å². The molecule has 0 fully saturated rings. The molecule has 0 aromatic rings. The summed E-state index contributed by atoms with van der Waals surface area (Å²) in [6.07, 6.45) is 4.29. The summed E-state index contributed by atoms with van der Waals surface area (Å²) >= 11 is 0. The minimum atomic E-state index is 0.208. The molecule has 0 saturated heterocycles. The van der Waals surface area contributed by atoms with Crippen LogP contribution < -0.4 is 5.73 Å². The van der Waals surface area contributed by atoms with E-state index in [0.29, 0.717) is 18.4 Å². The Bertz CT molecular complexity index is 206. The Hall–Kier alpha value is -0.570. The number of hydrogen-bond acceptors (Lipinski definition) is 2. The fourth-order valence-corrected chi connectivity index (χ4v) is 2.04. The molecule has 3 nitrogen and oxygen atoms in total. The first kappa shape index (κ1) is 16.4. The molecule has 0 radical (unpaired) electrons. The van der Waals surface area contributed by atoms with E-state index in [4.69, 9.17) is 5.73 Å². The molecule has 17 heavy (non-hydrogen) atoms. The fourth-order valence-electron chi connectivity index (χ4n) is 2.04. The summed E-state index contributed by atoms with van der Waals surface area (Å²) in [5.41, 5.74) is 5.63. The molecule has 0 bridgehead atoms. The zero-order valence-corrected chi connectivity index (χ0v) is 12.0. The van der Waals surface area contributed by atoms with Crippen LogP contribution in [0.5, 0.6) is 0 Å². The van der Waals surface area contributed by atoms with Gasteiger partial charge in [0.15, 0.2) is 0 Å². The molecule has 0 saturated carbocycles. The Labute approximate surface area is 107 Å². The summed E-state index contributed by atoms with van der Waals surface area (Å²) in [6.45, 7) is 10.7. The quantitative estimate of drug-likeness (QED) is 0.675. The van der Waals surface area contributed by atoms with E-state index in [9.17, 15) is 4.79 Å². The normalized spacial score (nSPS) is 14.4. The molecule has 102 valence electrons. The molecule has 0 aromatic heterocycles. The second-order valence-electron chi connectivity index (χ2n) is 4.97. The number of nitrogens with zero attached hydrogens (tertiary/aromatic N) is 1. The Balaban J connectivity index is 4.37. The minimum absolute atomic E-state index is 0.208. The third-order valence-electron chi connectivity index (χ3n) is 3.38. The summed E-state index contributed by atoms with van der Waals surface area (Å²) in [5, 5.41) is 0. The van der Waals surface area contributed by atoms with E-state index < -0.39 is 0 Å². The second-order valence-corrected chi connectivity index (χ2v) is 4.97. The van der Waals surface area contributed by atoms with Crippen molar-refractivity contribution in [2.45, 2.75) is 53.4 Å². The molecule has 1 amide bonds. The maximum atomic E-state index is 12.3. The summed E-state index contributed by atoms with van der Waals surface area (Å²) in [7, 11) is 0. The highest BCUT2D eigenvalue weighted by atomic mass is 16.2. The molecule has 0 aliphatic carbocycles. The van der Waals surface area contributed by atoms with Gasteiger partial charge < -0.3 is 10.6 Å². The highest BCUT2D eigenvalue weighted by Crippen LogP contribution is 2.16. The van der Waals surface area contributed by atoms with Crippen LogP contribution in [0.2, 0.25) is 0 Å². The Morgan fingerprint density at radius 3 is 2.35 bits per heavy atom. The average molecular weight is 242 g/mol. The van der Waals surface area contributed by atoms with Crippen LogP contribution in [-0.4, -0.2) is 30.4 Å². The predicted molar refractivity (Wildman–Crippen MR) is 73.8 cm³/mol. The standard InChI is InChI=1S/C14H30N2O/c1-5-8-9-13(6-2)14(17)16(7-3)11-12(4)10-15/h12-13H,5-11,15H2,1-4H3. The van der Waals surface area contributed by atoms with Crippen LogP contribution >= 0.6 is 0 Å². The van der Waals surface area contributed by atoms with Crippen LogP contribution in [-0.2, 0) is 4.79 Å². The van der Waals surface area contributed by atoms with E-state index >= 15 is 0 Å². The average Bonchev–Trinajstić information content (AvgIpc) is 2.36. The number of hydrogen-bond donors (Lipinski definition) is 1. The molecule has 3 heteroatoms. The van der Waals surface area contributed by atoms with Gasteiger partial charge in [-0.15, -0.1) is 0 Å². The highest BCUT2D eigenvalue weighted by Gasteiger charge is 2.22. The van der Waals surface area contributed by atoms with Crippen LogP contribution in [0.1, 0.15) is 53.4 Å². The highest BCUT2D eigenvalue weighted by molar-refractivity contribution is 5.78. The van der Waals surface area contributed by atoms with Crippen molar-refractivity contribution in [2.24, 2.45) is 17.6 Å². The predicted octanol–water partition coefficient (Wildman–Crippen LogP) is 2.65. The van der Waals surface area contributed by atoms with E-state index in [1.165, 1.54) is 0 Å². The van der Waals surface area contributed by atoms with Gasteiger partial charge in [-0.05, 0) is 32.2 Å². The summed E-state index contributed by atoms with van der Waals surface area (Å²) in [5.74, 6) is 0.922. The third-order valence-corrected chi connectivity index (χ3v) is 3.38. The lowest BCUT2D eigenvalue weighted by molar-refractivity contribution is -0.136. The molecule has 0 heterocycles. The zero-order valence-electron chi connectivity index (χ0n) is 12.0. The van der Waals surface area contributed by atoms with Gasteiger partial charge in [0, 0.05) is 19.0 Å². The summed E-state index contributed by atoms with van der Waals surface area (Å²) in [6, 6.07) is 0. The smallest absolute Gasteiger partial charge is 0.225 e. The first-order valence-electron chi connectivity index (χ1n) is 7.09. The van der Waals surface area contributed by atoms with Gasteiger partial charge in [-0.25, -0.2) is 0 Å². The van der Waals surface area contributed by atoms with Gasteiger partial charge >= 0.3 is 0 Å². The molecular formula is C14H30N2O. The first-order valence-corrected chi connectivity index (χ1v) is 7.09. The minimum Gasteiger partial charge on any atom is -0.342 e. The molecule has 0 aromatic carbocycles. The van der Waals surface area contributed by atoms with Crippen molar-refractivity contribution in [3.8, 4) is 0 Å². The molecule has 2 N–H and O–H groups in total. The number of unbranched alkanes of at least 4 members (excludes halogenated alkanes) is 1. The van der Waals surface area contributed by atoms with Crippen molar-refractivity contribution < 1.29 is 4.79 Å². The molecule has 0 rings (SSSR count). The SMILES string of the molecule is CCCCC(CC)C(=O)N(CC)CC(C)CN. The molecular weight excluding hydrogens is 212 g/mol. The van der Waals surface area contributed by atoms with E-state index in [-0.39, 0.29) is 5.92 Å². The number of rotatable bonds is 9. The monoisotopic (exact) mass is 242 g/mol. The third kappa shape index (κ3) is 6.06. The maximum absolute atomic E-state index is 12.3. The molecule has 2 atom stereocenters. The van der Waals surface area contributed by atoms with Crippen molar-refractivity contribution in [3.05, 3.63) is 0 Å². The van der Waals surface area contributed by atoms with Crippen LogP contribution in [0.3, 0.4) is 0 Å². The van der Waals surface area contributed by atoms with Crippen molar-refractivity contribution in [1.29, 1.82) is 0 Å². The van der Waals surface area contributed by atoms with Gasteiger partial charge in [-0.2, -0.15) is 0 Å². The lowest BCUT2D eigenvalue weighted by Crippen LogP contribution is -2.40. The Morgan fingerprint density at radius 2 is 1.94 bits per heavy atom. The van der Waals surface area contributed by atoms with Crippen LogP contribution in [0.15, 0.2) is 0 Å². The first-order chi connectivity index (χ1) is 8.10. The number of amides is 1. The van der Waals surface area contributed by atoms with E-state index in [1.807, 2.05) is 11.8 Å². The fraction of sp³-hybridized carbons (Fsp3) is 0.929. The van der Waals surface area contributed by atoms with E-state index in [2.05, 4.69) is 20.8 Å². The van der Waals surface area contributed by atoms with Crippen LogP contribution in [0, 0.1) is 11.8 Å². The lowest BCUT2D eigenvalue weighted by Gasteiger charge is -2.28. The number of carbonyl (C=O) groups is 1. The van der Waals surface area contributed by atoms with Gasteiger partial charge in [-0.3, -0.25) is 4.79 Å². The van der Waals surface area contributed by atoms with Gasteiger partial charge in [0.2, 0.25) is 5.91 Å². The van der Waals surface area contributed by atoms with Crippen molar-refractivity contribution in [3.63, 3.8) is 0 Å². The molecule has 0 spiro atoms. The Morgan fingerprint density at radius 1 is 1.29 bits per heavy atom. The van der Waals surface area contributed by atoms with Crippen LogP contribution in [0.25, 0.3) is 0 Å². The summed E-state index contributed by atoms with van der Waals surface area (Å²) < 4.78 is 0. The van der Waals surface area contributed by atoms with E-state index in [1.54, 1.807) is 0 Å².